The molecule has 0 saturated carbocycles. The number of Topliss-reactive ketones (excluding diaryl/α,β-unsaturated/α-hetero) is 1. The lowest BCUT2D eigenvalue weighted by atomic mass is 9.90. The fraction of sp³-hybridized carbons (Fsp3) is 0.455. The summed E-state index contributed by atoms with van der Waals surface area (Å²) >= 11 is 0. The van der Waals surface area contributed by atoms with Gasteiger partial charge in [-0.2, -0.15) is 15.3 Å². The van der Waals surface area contributed by atoms with Crippen LogP contribution in [0.3, 0.4) is 0 Å². The van der Waals surface area contributed by atoms with Crippen LogP contribution in [0.1, 0.15) is 18.5 Å². The van der Waals surface area contributed by atoms with Gasteiger partial charge in [0.2, 0.25) is 0 Å². The van der Waals surface area contributed by atoms with Gasteiger partial charge in [-0.15, -0.1) is 0 Å². The van der Waals surface area contributed by atoms with Crippen molar-refractivity contribution in [3.8, 4) is 11.1 Å². The Labute approximate surface area is 170 Å². The van der Waals surface area contributed by atoms with Gasteiger partial charge in [0.15, 0.2) is 0 Å². The highest BCUT2D eigenvalue weighted by Crippen LogP contribution is 2.24. The number of hydrogen-bond donors (Lipinski definition) is 0. The fourth-order valence-electron chi connectivity index (χ4n) is 3.95. The quantitative estimate of drug-likeness (QED) is 0.614. The van der Waals surface area contributed by atoms with Crippen molar-refractivity contribution in [2.75, 3.05) is 33.4 Å². The molecule has 0 N–H and O–H groups in total. The predicted molar refractivity (Wildman–Crippen MR) is 111 cm³/mol. The average Bonchev–Trinajstić information content (AvgIpc) is 3.18. The summed E-state index contributed by atoms with van der Waals surface area (Å²) in [4.78, 5) is 15.2. The lowest BCUT2D eigenvalue weighted by Gasteiger charge is -2.30. The number of fused-ring (bicyclic) bond motifs is 1. The molecular formula is C22H27N5O2. The van der Waals surface area contributed by atoms with Crippen LogP contribution in [0.15, 0.2) is 36.7 Å². The van der Waals surface area contributed by atoms with E-state index in [2.05, 4.69) is 26.3 Å². The van der Waals surface area contributed by atoms with Gasteiger partial charge in [0.1, 0.15) is 5.78 Å². The van der Waals surface area contributed by atoms with Crippen LogP contribution < -0.4 is 0 Å². The molecule has 152 valence electrons. The first-order chi connectivity index (χ1) is 14.1. The number of methoxy groups -OCH3 is 1. The van der Waals surface area contributed by atoms with Crippen molar-refractivity contribution >= 4 is 16.7 Å². The van der Waals surface area contributed by atoms with Crippen molar-refractivity contribution < 1.29 is 9.53 Å². The van der Waals surface area contributed by atoms with E-state index >= 15 is 0 Å². The molecule has 7 heteroatoms. The number of piperidine rings is 1. The zero-order valence-electron chi connectivity index (χ0n) is 17.0. The molecule has 0 unspecified atom stereocenters. The highest BCUT2D eigenvalue weighted by Gasteiger charge is 2.25. The summed E-state index contributed by atoms with van der Waals surface area (Å²) in [6.45, 7) is 3.59. The van der Waals surface area contributed by atoms with Crippen LogP contribution >= 0.6 is 0 Å². The van der Waals surface area contributed by atoms with Gasteiger partial charge in [-0.25, -0.2) is 0 Å². The number of aryl methyl sites for hydroxylation is 1. The van der Waals surface area contributed by atoms with Crippen LogP contribution in [-0.4, -0.2) is 64.0 Å². The Hall–Kier alpha value is -2.64. The Bertz CT molecular complexity index is 992. The molecule has 1 aromatic carbocycles. The number of nitrogens with zero attached hydrogens (tertiary/aromatic N) is 5. The Morgan fingerprint density at radius 2 is 2.00 bits per heavy atom. The smallest absolute Gasteiger partial charge is 0.142 e. The maximum atomic E-state index is 12.8. The maximum absolute atomic E-state index is 12.8. The highest BCUT2D eigenvalue weighted by molar-refractivity contribution is 5.86. The number of carbonyl (C=O) groups is 1. The van der Waals surface area contributed by atoms with E-state index in [4.69, 9.17) is 4.74 Å². The second-order valence-corrected chi connectivity index (χ2v) is 7.76. The van der Waals surface area contributed by atoms with Gasteiger partial charge in [-0.05, 0) is 49.7 Å². The largest absolute Gasteiger partial charge is 0.383 e. The van der Waals surface area contributed by atoms with Crippen LogP contribution in [0.4, 0.5) is 0 Å². The maximum Gasteiger partial charge on any atom is 0.142 e. The van der Waals surface area contributed by atoms with Gasteiger partial charge in [-0.1, -0.05) is 6.07 Å². The molecule has 7 nitrogen and oxygen atoms in total. The molecule has 4 rings (SSSR count). The Morgan fingerprint density at radius 3 is 2.72 bits per heavy atom. The first-order valence-corrected chi connectivity index (χ1v) is 10.1. The van der Waals surface area contributed by atoms with E-state index in [0.717, 1.165) is 66.8 Å². The minimum absolute atomic E-state index is 0.119. The van der Waals surface area contributed by atoms with Crippen molar-refractivity contribution in [2.24, 2.45) is 13.0 Å². The number of ether oxygens (including phenoxy) is 1. The SMILES string of the molecule is COCCN1CCC(C(=O)Cc2cc3cc(-c4cnn(C)c4)ccc3nn2)CC1. The average molecular weight is 393 g/mol. The molecule has 0 amide bonds. The molecule has 0 aliphatic carbocycles. The molecule has 0 radical (unpaired) electrons. The molecule has 0 spiro atoms. The van der Waals surface area contributed by atoms with E-state index in [1.54, 1.807) is 11.8 Å². The minimum atomic E-state index is 0.119. The van der Waals surface area contributed by atoms with Crippen LogP contribution in [0.2, 0.25) is 0 Å². The summed E-state index contributed by atoms with van der Waals surface area (Å²) in [7, 11) is 3.63. The Morgan fingerprint density at radius 1 is 1.17 bits per heavy atom. The number of hydrogen-bond acceptors (Lipinski definition) is 6. The van der Waals surface area contributed by atoms with Crippen molar-refractivity contribution in [1.82, 2.24) is 24.9 Å². The topological polar surface area (TPSA) is 73.1 Å². The molecule has 1 saturated heterocycles. The monoisotopic (exact) mass is 393 g/mol. The number of rotatable bonds is 7. The molecule has 3 aromatic rings. The van der Waals surface area contributed by atoms with Crippen molar-refractivity contribution in [3.63, 3.8) is 0 Å². The summed E-state index contributed by atoms with van der Waals surface area (Å²) in [6, 6.07) is 8.07. The van der Waals surface area contributed by atoms with Crippen molar-refractivity contribution in [3.05, 3.63) is 42.4 Å². The molecular weight excluding hydrogens is 366 g/mol. The molecule has 1 aliphatic rings. The van der Waals surface area contributed by atoms with Crippen LogP contribution in [0, 0.1) is 5.92 Å². The van der Waals surface area contributed by atoms with Crippen LogP contribution in [0.5, 0.6) is 0 Å². The van der Waals surface area contributed by atoms with Gasteiger partial charge in [0, 0.05) is 43.8 Å². The van der Waals surface area contributed by atoms with E-state index in [1.807, 2.05) is 37.6 Å². The number of benzene rings is 1. The van der Waals surface area contributed by atoms with Gasteiger partial charge in [0.05, 0.1) is 30.4 Å². The Kier molecular flexibility index (Phi) is 5.97. The predicted octanol–water partition coefficient (Wildman–Crippen LogP) is 2.50. The lowest BCUT2D eigenvalue weighted by Crippen LogP contribution is -2.38. The lowest BCUT2D eigenvalue weighted by molar-refractivity contribution is -0.123. The van der Waals surface area contributed by atoms with Gasteiger partial charge in [0.25, 0.3) is 0 Å². The summed E-state index contributed by atoms with van der Waals surface area (Å²) in [5, 5.41) is 13.8. The summed E-state index contributed by atoms with van der Waals surface area (Å²) in [6.07, 6.45) is 6.00. The first-order valence-electron chi connectivity index (χ1n) is 10.1. The number of carbonyl (C=O) groups excluding carboxylic acids is 1. The van der Waals surface area contributed by atoms with Gasteiger partial charge >= 0.3 is 0 Å². The standard InChI is InChI=1S/C22H27N5O2/c1-26-15-19(14-23-26)17-3-4-21-18(11-17)12-20(24-25-21)13-22(28)16-5-7-27(8-6-16)9-10-29-2/h3-4,11-12,14-16H,5-10,13H2,1-2H3. The summed E-state index contributed by atoms with van der Waals surface area (Å²) in [5.74, 6) is 0.390. The van der Waals surface area contributed by atoms with Gasteiger partial charge < -0.3 is 9.64 Å². The van der Waals surface area contributed by atoms with E-state index in [-0.39, 0.29) is 11.7 Å². The van der Waals surface area contributed by atoms with Gasteiger partial charge in [-0.3, -0.25) is 9.48 Å². The molecule has 29 heavy (non-hydrogen) atoms. The normalized spacial score (nSPS) is 15.8. The van der Waals surface area contributed by atoms with E-state index in [9.17, 15) is 4.79 Å². The molecule has 1 aliphatic heterocycles. The number of aromatic nitrogens is 4. The van der Waals surface area contributed by atoms with Crippen molar-refractivity contribution in [2.45, 2.75) is 19.3 Å². The fourth-order valence-corrected chi connectivity index (χ4v) is 3.95. The highest BCUT2D eigenvalue weighted by atomic mass is 16.5. The molecule has 3 heterocycles. The third kappa shape index (κ3) is 4.68. The third-order valence-electron chi connectivity index (χ3n) is 5.68. The summed E-state index contributed by atoms with van der Waals surface area (Å²) < 4.78 is 6.93. The van der Waals surface area contributed by atoms with E-state index in [1.165, 1.54) is 0 Å². The molecule has 2 aromatic heterocycles. The van der Waals surface area contributed by atoms with Crippen LogP contribution in [-0.2, 0) is 23.0 Å². The number of ketones is 1. The second-order valence-electron chi connectivity index (χ2n) is 7.76. The van der Waals surface area contributed by atoms with E-state index < -0.39 is 0 Å². The molecule has 0 atom stereocenters. The molecule has 0 bridgehead atoms. The first kappa shape index (κ1) is 19.7. The zero-order valence-corrected chi connectivity index (χ0v) is 17.0. The number of likely N-dealkylation sites (tertiary alicyclic amines) is 1. The Balaban J connectivity index is 1.43. The third-order valence-corrected chi connectivity index (χ3v) is 5.68. The van der Waals surface area contributed by atoms with Crippen molar-refractivity contribution in [1.29, 1.82) is 0 Å². The van der Waals surface area contributed by atoms with E-state index in [0.29, 0.717) is 6.42 Å². The second kappa shape index (κ2) is 8.80. The minimum Gasteiger partial charge on any atom is -0.383 e. The zero-order chi connectivity index (χ0) is 20.2. The summed E-state index contributed by atoms with van der Waals surface area (Å²) in [5.41, 5.74) is 3.72. The molecule has 1 fully saturated rings. The van der Waals surface area contributed by atoms with Crippen LogP contribution in [0.25, 0.3) is 22.0 Å².